The Kier molecular flexibility index (Phi) is 12.0. The number of amides is 1. The van der Waals surface area contributed by atoms with E-state index in [0.717, 1.165) is 64.6 Å². The number of hydrogen-bond acceptors (Lipinski definition) is 7. The highest BCUT2D eigenvalue weighted by Crippen LogP contribution is 2.68. The molecule has 260 valence electrons. The second kappa shape index (κ2) is 15.2. The maximum Gasteiger partial charge on any atom is 0.220 e. The van der Waals surface area contributed by atoms with Crippen molar-refractivity contribution >= 4 is 5.91 Å². The van der Waals surface area contributed by atoms with E-state index in [4.69, 9.17) is 5.73 Å². The summed E-state index contributed by atoms with van der Waals surface area (Å²) in [6, 6.07) is 0.717. The van der Waals surface area contributed by atoms with Gasteiger partial charge in [0.1, 0.15) is 0 Å². The standard InChI is InChI=1S/C37H69N5O3/c1-25(2)40-34(45)11-8-26(3)29-9-10-30-35-31(24-33(44)37(29,30)5)36(4)13-12-28(22-27(36)23-32(35)43)39-15-7-17-42-20-18-41(19-21-42)16-6-14-38/h25-33,35,39,43-44H,6-24,38H2,1-5H3,(H,40,45)/t26-,27?,28+,29?,30?,31?,32-,33+,35?,36+,37-/m1/s1. The number of nitrogens with two attached hydrogens (primary N) is 1. The van der Waals surface area contributed by atoms with Gasteiger partial charge in [0.2, 0.25) is 5.91 Å². The van der Waals surface area contributed by atoms with Crippen LogP contribution in [0.1, 0.15) is 105 Å². The molecule has 4 aliphatic carbocycles. The van der Waals surface area contributed by atoms with Crippen molar-refractivity contribution in [1.29, 1.82) is 0 Å². The van der Waals surface area contributed by atoms with Gasteiger partial charge in [-0.1, -0.05) is 20.8 Å². The minimum Gasteiger partial charge on any atom is -0.393 e. The average Bonchev–Trinajstić information content (AvgIpc) is 3.36. The largest absolute Gasteiger partial charge is 0.393 e. The molecule has 1 saturated heterocycles. The van der Waals surface area contributed by atoms with Crippen LogP contribution in [0.25, 0.3) is 0 Å². The first-order valence-electron chi connectivity index (χ1n) is 19.0. The molecule has 6 N–H and O–H groups in total. The predicted molar refractivity (Wildman–Crippen MR) is 183 cm³/mol. The van der Waals surface area contributed by atoms with Crippen LogP contribution in [0.5, 0.6) is 0 Å². The summed E-state index contributed by atoms with van der Waals surface area (Å²) in [6.45, 7) is 20.1. The van der Waals surface area contributed by atoms with Crippen molar-refractivity contribution in [3.05, 3.63) is 0 Å². The van der Waals surface area contributed by atoms with E-state index in [0.29, 0.717) is 48.0 Å². The highest BCUT2D eigenvalue weighted by atomic mass is 16.3. The summed E-state index contributed by atoms with van der Waals surface area (Å²) in [7, 11) is 0. The zero-order chi connectivity index (χ0) is 32.4. The molecule has 5 rings (SSSR count). The van der Waals surface area contributed by atoms with Gasteiger partial charge in [-0.05, 0) is 151 Å². The fraction of sp³-hybridized carbons (Fsp3) is 0.973. The first kappa shape index (κ1) is 35.5. The van der Waals surface area contributed by atoms with E-state index in [1.54, 1.807) is 0 Å². The third-order valence-electron chi connectivity index (χ3n) is 14.1. The van der Waals surface area contributed by atoms with Gasteiger partial charge in [-0.2, -0.15) is 0 Å². The molecule has 11 atom stereocenters. The molecule has 0 bridgehead atoms. The Balaban J connectivity index is 1.12. The number of piperazine rings is 1. The molecule has 5 fully saturated rings. The second-order valence-corrected chi connectivity index (χ2v) is 16.9. The Labute approximate surface area is 275 Å². The number of carbonyl (C=O) groups excluding carboxylic acids is 1. The molecule has 1 amide bonds. The van der Waals surface area contributed by atoms with E-state index >= 15 is 0 Å². The third kappa shape index (κ3) is 7.62. The molecule has 8 nitrogen and oxygen atoms in total. The number of carbonyl (C=O) groups is 1. The molecular formula is C37H69N5O3. The molecule has 0 aromatic heterocycles. The van der Waals surface area contributed by atoms with Crippen LogP contribution in [0.15, 0.2) is 0 Å². The minimum absolute atomic E-state index is 0.139. The van der Waals surface area contributed by atoms with Crippen molar-refractivity contribution in [2.24, 2.45) is 52.1 Å². The number of aliphatic hydroxyl groups excluding tert-OH is 2. The van der Waals surface area contributed by atoms with E-state index < -0.39 is 0 Å². The highest BCUT2D eigenvalue weighted by Gasteiger charge is 2.65. The fourth-order valence-corrected chi connectivity index (χ4v) is 11.5. The van der Waals surface area contributed by atoms with Crippen molar-refractivity contribution in [3.63, 3.8) is 0 Å². The summed E-state index contributed by atoms with van der Waals surface area (Å²) in [5.41, 5.74) is 5.72. The van der Waals surface area contributed by atoms with E-state index in [-0.39, 0.29) is 35.0 Å². The lowest BCUT2D eigenvalue weighted by Crippen LogP contribution is -2.62. The summed E-state index contributed by atoms with van der Waals surface area (Å²) in [5.74, 6) is 2.52. The van der Waals surface area contributed by atoms with Crippen LogP contribution >= 0.6 is 0 Å². The number of aliphatic hydroxyl groups is 2. The zero-order valence-corrected chi connectivity index (χ0v) is 29.5. The van der Waals surface area contributed by atoms with Gasteiger partial charge in [0, 0.05) is 44.7 Å². The number of hydrogen-bond donors (Lipinski definition) is 5. The number of fused-ring (bicyclic) bond motifs is 5. The average molecular weight is 632 g/mol. The molecule has 4 saturated carbocycles. The van der Waals surface area contributed by atoms with Gasteiger partial charge in [0.25, 0.3) is 0 Å². The van der Waals surface area contributed by atoms with E-state index in [1.165, 1.54) is 52.0 Å². The Morgan fingerprint density at radius 3 is 2.29 bits per heavy atom. The summed E-state index contributed by atoms with van der Waals surface area (Å²) < 4.78 is 0. The van der Waals surface area contributed by atoms with Gasteiger partial charge in [-0.3, -0.25) is 4.79 Å². The minimum atomic E-state index is -0.329. The quantitative estimate of drug-likeness (QED) is 0.196. The van der Waals surface area contributed by atoms with E-state index in [2.05, 4.69) is 41.2 Å². The van der Waals surface area contributed by atoms with Crippen molar-refractivity contribution < 1.29 is 15.0 Å². The zero-order valence-electron chi connectivity index (χ0n) is 29.5. The first-order valence-corrected chi connectivity index (χ1v) is 19.0. The van der Waals surface area contributed by atoms with Crippen LogP contribution in [-0.2, 0) is 4.79 Å². The van der Waals surface area contributed by atoms with Crippen LogP contribution in [0.3, 0.4) is 0 Å². The molecule has 0 aromatic rings. The Hall–Kier alpha value is -0.770. The lowest BCUT2D eigenvalue weighted by atomic mass is 9.43. The lowest BCUT2D eigenvalue weighted by Gasteiger charge is -2.63. The van der Waals surface area contributed by atoms with E-state index in [1.807, 2.05) is 13.8 Å². The van der Waals surface area contributed by atoms with Gasteiger partial charge in [0.15, 0.2) is 0 Å². The van der Waals surface area contributed by atoms with Crippen LogP contribution < -0.4 is 16.4 Å². The molecule has 0 aromatic carbocycles. The van der Waals surface area contributed by atoms with E-state index in [9.17, 15) is 15.0 Å². The molecular weight excluding hydrogens is 562 g/mol. The van der Waals surface area contributed by atoms with Crippen LogP contribution in [0, 0.1) is 46.3 Å². The summed E-state index contributed by atoms with van der Waals surface area (Å²) >= 11 is 0. The molecule has 0 radical (unpaired) electrons. The fourth-order valence-electron chi connectivity index (χ4n) is 11.5. The van der Waals surface area contributed by atoms with Gasteiger partial charge >= 0.3 is 0 Å². The van der Waals surface area contributed by atoms with Crippen LogP contribution in [0.2, 0.25) is 0 Å². The molecule has 0 spiro atoms. The van der Waals surface area contributed by atoms with Crippen LogP contribution in [-0.4, -0.2) is 103 Å². The maximum absolute atomic E-state index is 12.4. The maximum atomic E-state index is 12.4. The highest BCUT2D eigenvalue weighted by molar-refractivity contribution is 5.76. The molecule has 5 unspecified atom stereocenters. The van der Waals surface area contributed by atoms with Gasteiger partial charge in [-0.25, -0.2) is 0 Å². The topological polar surface area (TPSA) is 114 Å². The molecule has 8 heteroatoms. The predicted octanol–water partition coefficient (Wildman–Crippen LogP) is 3.84. The van der Waals surface area contributed by atoms with Gasteiger partial charge in [0.05, 0.1) is 12.2 Å². The molecule has 45 heavy (non-hydrogen) atoms. The third-order valence-corrected chi connectivity index (χ3v) is 14.1. The van der Waals surface area contributed by atoms with Gasteiger partial charge < -0.3 is 36.4 Å². The second-order valence-electron chi connectivity index (χ2n) is 16.9. The summed E-state index contributed by atoms with van der Waals surface area (Å²) in [6.07, 6.45) is 10.7. The molecule has 1 aliphatic heterocycles. The monoisotopic (exact) mass is 632 g/mol. The normalized spacial score (nSPS) is 41.4. The molecule has 5 aliphatic rings. The van der Waals surface area contributed by atoms with Crippen LogP contribution in [0.4, 0.5) is 0 Å². The Bertz CT molecular complexity index is 958. The Morgan fingerprint density at radius 2 is 1.62 bits per heavy atom. The summed E-state index contributed by atoms with van der Waals surface area (Å²) in [4.78, 5) is 17.6. The van der Waals surface area contributed by atoms with Crippen molar-refractivity contribution in [2.75, 3.05) is 52.4 Å². The first-order chi connectivity index (χ1) is 21.5. The number of nitrogens with zero attached hydrogens (tertiary/aromatic N) is 2. The smallest absolute Gasteiger partial charge is 0.220 e. The number of nitrogens with one attached hydrogen (secondary N) is 2. The van der Waals surface area contributed by atoms with Gasteiger partial charge in [-0.15, -0.1) is 0 Å². The van der Waals surface area contributed by atoms with Crippen molar-refractivity contribution in [1.82, 2.24) is 20.4 Å². The molecule has 1 heterocycles. The van der Waals surface area contributed by atoms with Crippen molar-refractivity contribution in [3.8, 4) is 0 Å². The summed E-state index contributed by atoms with van der Waals surface area (Å²) in [5, 5.41) is 30.8. The Morgan fingerprint density at radius 1 is 0.933 bits per heavy atom. The SMILES string of the molecule is CC(C)NC(=O)CC[C@@H](C)C1CCC2C3C(C[C@H](O)[C@@]21C)[C@@]1(C)CC[C@H](NCCCN2CCN(CCCN)CC2)CC1C[C@H]3O. The lowest BCUT2D eigenvalue weighted by molar-refractivity contribution is -0.202. The van der Waals surface area contributed by atoms with Crippen molar-refractivity contribution in [2.45, 2.75) is 130 Å². The number of rotatable bonds is 13.